The highest BCUT2D eigenvalue weighted by molar-refractivity contribution is 7.80. The van der Waals surface area contributed by atoms with Crippen molar-refractivity contribution in [3.8, 4) is 0 Å². The standard InChI is InChI=1S/C9H12ClN3S2/c10-7-5-15-9(12-7)13(6-1-2-6)4-3-8(11)14/h5-6H,1-4H2,(H2,11,14). The Balaban J connectivity index is 2.02. The summed E-state index contributed by atoms with van der Waals surface area (Å²) in [5.74, 6) is 0. The van der Waals surface area contributed by atoms with Crippen molar-refractivity contribution in [2.75, 3.05) is 11.4 Å². The molecule has 1 heterocycles. The van der Waals surface area contributed by atoms with Crippen LogP contribution in [-0.2, 0) is 0 Å². The molecular formula is C9H12ClN3S2. The molecule has 0 amide bonds. The maximum absolute atomic E-state index is 5.81. The number of thiocarbonyl (C=S) groups is 1. The molecule has 3 nitrogen and oxygen atoms in total. The average molecular weight is 262 g/mol. The predicted octanol–water partition coefficient (Wildman–Crippen LogP) is 2.44. The fourth-order valence-electron chi connectivity index (χ4n) is 1.43. The molecule has 0 unspecified atom stereocenters. The van der Waals surface area contributed by atoms with Crippen molar-refractivity contribution in [3.05, 3.63) is 10.5 Å². The molecule has 2 rings (SSSR count). The largest absolute Gasteiger partial charge is 0.393 e. The first-order valence-corrected chi connectivity index (χ1v) is 6.49. The molecule has 0 saturated heterocycles. The summed E-state index contributed by atoms with van der Waals surface area (Å²) >= 11 is 12.3. The van der Waals surface area contributed by atoms with Crippen molar-refractivity contribution in [3.63, 3.8) is 0 Å². The minimum atomic E-state index is 0.559. The predicted molar refractivity (Wildman–Crippen MR) is 68.9 cm³/mol. The number of hydrogen-bond donors (Lipinski definition) is 1. The highest BCUT2D eigenvalue weighted by atomic mass is 35.5. The molecule has 0 atom stereocenters. The maximum Gasteiger partial charge on any atom is 0.187 e. The van der Waals surface area contributed by atoms with E-state index in [9.17, 15) is 0 Å². The molecule has 82 valence electrons. The Labute approximate surface area is 103 Å². The van der Waals surface area contributed by atoms with E-state index in [1.807, 2.05) is 5.38 Å². The molecule has 0 spiro atoms. The minimum Gasteiger partial charge on any atom is -0.393 e. The van der Waals surface area contributed by atoms with Crippen LogP contribution in [0, 0.1) is 0 Å². The molecule has 1 fully saturated rings. The number of nitrogens with two attached hydrogens (primary N) is 1. The molecule has 1 aliphatic rings. The summed E-state index contributed by atoms with van der Waals surface area (Å²) < 4.78 is 0. The van der Waals surface area contributed by atoms with Gasteiger partial charge >= 0.3 is 0 Å². The van der Waals surface area contributed by atoms with Crippen molar-refractivity contribution >= 4 is 45.3 Å². The van der Waals surface area contributed by atoms with Crippen molar-refractivity contribution in [2.24, 2.45) is 5.73 Å². The van der Waals surface area contributed by atoms with E-state index in [4.69, 9.17) is 29.6 Å². The van der Waals surface area contributed by atoms with E-state index in [0.29, 0.717) is 16.2 Å². The fourth-order valence-corrected chi connectivity index (χ4v) is 2.57. The van der Waals surface area contributed by atoms with Gasteiger partial charge in [-0.2, -0.15) is 0 Å². The highest BCUT2D eigenvalue weighted by Crippen LogP contribution is 2.34. The molecule has 15 heavy (non-hydrogen) atoms. The van der Waals surface area contributed by atoms with E-state index in [0.717, 1.165) is 18.1 Å². The first kappa shape index (κ1) is 11.1. The smallest absolute Gasteiger partial charge is 0.187 e. The quantitative estimate of drug-likeness (QED) is 0.827. The van der Waals surface area contributed by atoms with Gasteiger partial charge in [0.25, 0.3) is 0 Å². The molecular weight excluding hydrogens is 250 g/mol. The first-order valence-electron chi connectivity index (χ1n) is 4.83. The van der Waals surface area contributed by atoms with Gasteiger partial charge in [0, 0.05) is 24.4 Å². The van der Waals surface area contributed by atoms with Gasteiger partial charge in [0.15, 0.2) is 5.13 Å². The summed E-state index contributed by atoms with van der Waals surface area (Å²) in [5, 5.41) is 3.40. The summed E-state index contributed by atoms with van der Waals surface area (Å²) in [6.07, 6.45) is 3.20. The van der Waals surface area contributed by atoms with Crippen LogP contribution in [0.3, 0.4) is 0 Å². The number of thiazole rings is 1. The zero-order chi connectivity index (χ0) is 10.8. The lowest BCUT2D eigenvalue weighted by atomic mass is 10.4. The van der Waals surface area contributed by atoms with Crippen LogP contribution >= 0.6 is 35.2 Å². The van der Waals surface area contributed by atoms with Gasteiger partial charge in [0.05, 0.1) is 4.99 Å². The van der Waals surface area contributed by atoms with Crippen LogP contribution in [0.15, 0.2) is 5.38 Å². The second-order valence-corrected chi connectivity index (χ2v) is 5.34. The third-order valence-electron chi connectivity index (χ3n) is 2.30. The van der Waals surface area contributed by atoms with Crippen molar-refractivity contribution in [1.82, 2.24) is 4.98 Å². The molecule has 1 aromatic rings. The second-order valence-electron chi connectivity index (χ2n) is 3.59. The van der Waals surface area contributed by atoms with Crippen LogP contribution in [0.4, 0.5) is 5.13 Å². The van der Waals surface area contributed by atoms with Gasteiger partial charge in [-0.1, -0.05) is 23.8 Å². The van der Waals surface area contributed by atoms with Gasteiger partial charge in [-0.3, -0.25) is 0 Å². The number of rotatable bonds is 5. The Bertz CT molecular complexity index is 362. The van der Waals surface area contributed by atoms with Gasteiger partial charge in [-0.15, -0.1) is 11.3 Å². The molecule has 1 aromatic heterocycles. The third kappa shape index (κ3) is 3.03. The maximum atomic E-state index is 5.81. The van der Waals surface area contributed by atoms with E-state index in [2.05, 4.69) is 9.88 Å². The Morgan fingerprint density at radius 3 is 2.93 bits per heavy atom. The lowest BCUT2D eigenvalue weighted by Gasteiger charge is -2.20. The van der Waals surface area contributed by atoms with Crippen molar-refractivity contribution in [1.29, 1.82) is 0 Å². The Hall–Kier alpha value is -0.390. The molecule has 1 saturated carbocycles. The van der Waals surface area contributed by atoms with Gasteiger partial charge in [-0.05, 0) is 12.8 Å². The zero-order valence-electron chi connectivity index (χ0n) is 8.15. The zero-order valence-corrected chi connectivity index (χ0v) is 10.5. The Kier molecular flexibility index (Phi) is 3.43. The number of hydrogen-bond acceptors (Lipinski definition) is 4. The second kappa shape index (κ2) is 4.63. The van der Waals surface area contributed by atoms with Crippen LogP contribution in [0.1, 0.15) is 19.3 Å². The molecule has 1 aliphatic carbocycles. The van der Waals surface area contributed by atoms with E-state index < -0.39 is 0 Å². The number of nitrogens with zero attached hydrogens (tertiary/aromatic N) is 2. The fraction of sp³-hybridized carbons (Fsp3) is 0.556. The van der Waals surface area contributed by atoms with Crippen LogP contribution in [0.25, 0.3) is 0 Å². The topological polar surface area (TPSA) is 42.1 Å². The van der Waals surface area contributed by atoms with Gasteiger partial charge < -0.3 is 10.6 Å². The van der Waals surface area contributed by atoms with Crippen LogP contribution < -0.4 is 10.6 Å². The summed E-state index contributed by atoms with van der Waals surface area (Å²) in [4.78, 5) is 7.09. The summed E-state index contributed by atoms with van der Waals surface area (Å²) in [6.45, 7) is 0.851. The van der Waals surface area contributed by atoms with Gasteiger partial charge in [-0.25, -0.2) is 4.98 Å². The molecule has 6 heteroatoms. The molecule has 0 aromatic carbocycles. The monoisotopic (exact) mass is 261 g/mol. The molecule has 0 radical (unpaired) electrons. The molecule has 0 aliphatic heterocycles. The normalized spacial score (nSPS) is 15.3. The van der Waals surface area contributed by atoms with E-state index >= 15 is 0 Å². The van der Waals surface area contributed by atoms with Crippen molar-refractivity contribution in [2.45, 2.75) is 25.3 Å². The lowest BCUT2D eigenvalue weighted by Crippen LogP contribution is -2.29. The van der Waals surface area contributed by atoms with Crippen LogP contribution in [0.2, 0.25) is 5.15 Å². The molecule has 0 bridgehead atoms. The molecule has 2 N–H and O–H groups in total. The first-order chi connectivity index (χ1) is 7.16. The van der Waals surface area contributed by atoms with E-state index in [-0.39, 0.29) is 0 Å². The van der Waals surface area contributed by atoms with Gasteiger partial charge in [0.1, 0.15) is 5.15 Å². The van der Waals surface area contributed by atoms with Crippen LogP contribution in [-0.4, -0.2) is 22.6 Å². The van der Waals surface area contributed by atoms with E-state index in [1.165, 1.54) is 12.8 Å². The van der Waals surface area contributed by atoms with Gasteiger partial charge in [0.2, 0.25) is 0 Å². The summed E-state index contributed by atoms with van der Waals surface area (Å²) in [5.41, 5.74) is 5.51. The Morgan fingerprint density at radius 2 is 2.47 bits per heavy atom. The van der Waals surface area contributed by atoms with E-state index in [1.54, 1.807) is 11.3 Å². The Morgan fingerprint density at radius 1 is 1.73 bits per heavy atom. The number of halogens is 1. The summed E-state index contributed by atoms with van der Waals surface area (Å²) in [6, 6.07) is 0.613. The average Bonchev–Trinajstić information content (AvgIpc) is 2.90. The third-order valence-corrected chi connectivity index (χ3v) is 3.70. The number of aromatic nitrogens is 1. The highest BCUT2D eigenvalue weighted by Gasteiger charge is 2.30. The lowest BCUT2D eigenvalue weighted by molar-refractivity contribution is 0.797. The SMILES string of the molecule is NC(=S)CCN(c1nc(Cl)cs1)C1CC1. The van der Waals surface area contributed by atoms with Crippen LogP contribution in [0.5, 0.6) is 0 Å². The summed E-state index contributed by atoms with van der Waals surface area (Å²) in [7, 11) is 0. The number of anilines is 1. The minimum absolute atomic E-state index is 0.559. The van der Waals surface area contributed by atoms with Crippen molar-refractivity contribution < 1.29 is 0 Å².